The maximum atomic E-state index is 14.7. The van der Waals surface area contributed by atoms with Crippen LogP contribution in [0.2, 0.25) is 0 Å². The summed E-state index contributed by atoms with van der Waals surface area (Å²) >= 11 is 0. The molecule has 4 aliphatic carbocycles. The van der Waals surface area contributed by atoms with Crippen molar-refractivity contribution in [3.63, 3.8) is 0 Å². The summed E-state index contributed by atoms with van der Waals surface area (Å²) in [6, 6.07) is 3.55. The van der Waals surface area contributed by atoms with Crippen LogP contribution >= 0.6 is 0 Å². The molecule has 3 aromatic rings. The van der Waals surface area contributed by atoms with E-state index in [0.717, 1.165) is 44.0 Å². The van der Waals surface area contributed by atoms with Crippen molar-refractivity contribution in [2.75, 3.05) is 31.5 Å². The second-order valence-electron chi connectivity index (χ2n) is 11.0. The fourth-order valence-corrected chi connectivity index (χ4v) is 6.21. The van der Waals surface area contributed by atoms with Gasteiger partial charge in [-0.05, 0) is 44.1 Å². The molecule has 1 saturated heterocycles. The Morgan fingerprint density at radius 2 is 2.00 bits per heavy atom. The number of hydrogen-bond acceptors (Lipinski definition) is 8. The second kappa shape index (κ2) is 8.93. The van der Waals surface area contributed by atoms with Crippen LogP contribution in [-0.4, -0.2) is 85.5 Å². The number of nitrogens with one attached hydrogen (secondary N) is 4. The smallest absolute Gasteiger partial charge is 0.407 e. The third kappa shape index (κ3) is 4.14. The van der Waals surface area contributed by atoms with Crippen LogP contribution in [0.1, 0.15) is 54.2 Å². The maximum absolute atomic E-state index is 14.7. The van der Waals surface area contributed by atoms with Gasteiger partial charge in [0.15, 0.2) is 5.82 Å². The van der Waals surface area contributed by atoms with Gasteiger partial charge in [-0.3, -0.25) is 14.3 Å². The van der Waals surface area contributed by atoms with Crippen molar-refractivity contribution in [1.82, 2.24) is 40.1 Å². The van der Waals surface area contributed by atoms with Gasteiger partial charge in [-0.25, -0.2) is 19.2 Å². The van der Waals surface area contributed by atoms with Crippen LogP contribution in [0.5, 0.6) is 0 Å². The van der Waals surface area contributed by atoms with Crippen molar-refractivity contribution in [2.24, 2.45) is 5.92 Å². The van der Waals surface area contributed by atoms with Crippen molar-refractivity contribution in [3.8, 4) is 0 Å². The topological polar surface area (TPSA) is 142 Å². The highest BCUT2D eigenvalue weighted by atomic mass is 19.1. The number of fused-ring (bicyclic) bond motifs is 1. The number of rotatable bonds is 6. The summed E-state index contributed by atoms with van der Waals surface area (Å²) in [5.41, 5.74) is 1.61. The van der Waals surface area contributed by atoms with Crippen molar-refractivity contribution < 1.29 is 18.7 Å². The first-order valence-corrected chi connectivity index (χ1v) is 13.2. The molecule has 0 spiro atoms. The molecule has 13 heteroatoms. The number of alkyl carbamates (subject to hydrolysis) is 1. The van der Waals surface area contributed by atoms with Gasteiger partial charge in [-0.15, -0.1) is 0 Å². The largest absolute Gasteiger partial charge is 0.443 e. The fourth-order valence-electron chi connectivity index (χ4n) is 6.21. The average molecular weight is 524 g/mol. The summed E-state index contributed by atoms with van der Waals surface area (Å²) in [5, 5.41) is 16.7. The number of alkyl halides is 1. The number of carbonyl (C=O) groups excluding carboxylic acids is 2. The number of carbonyl (C=O) groups is 2. The lowest BCUT2D eigenvalue weighted by atomic mass is 9.50. The quantitative estimate of drug-likeness (QED) is 0.385. The van der Waals surface area contributed by atoms with Crippen LogP contribution in [0.4, 0.5) is 21.0 Å². The van der Waals surface area contributed by atoms with Crippen LogP contribution in [0.3, 0.4) is 0 Å². The molecule has 0 aromatic carbocycles. The molecule has 1 aliphatic heterocycles. The van der Waals surface area contributed by atoms with E-state index in [4.69, 9.17) is 4.74 Å². The summed E-state index contributed by atoms with van der Waals surface area (Å²) in [6.07, 6.45) is 4.42. The minimum atomic E-state index is -1.23. The molecule has 38 heavy (non-hydrogen) atoms. The van der Waals surface area contributed by atoms with Crippen LogP contribution in [0.15, 0.2) is 24.5 Å². The summed E-state index contributed by atoms with van der Waals surface area (Å²) < 4.78 is 21.9. The van der Waals surface area contributed by atoms with Gasteiger partial charge in [0.05, 0.1) is 0 Å². The van der Waals surface area contributed by atoms with E-state index in [1.54, 1.807) is 27.8 Å². The van der Waals surface area contributed by atoms with Crippen LogP contribution < -0.4 is 16.0 Å². The summed E-state index contributed by atoms with van der Waals surface area (Å²) in [7, 11) is 0. The van der Waals surface area contributed by atoms with Gasteiger partial charge < -0.3 is 25.6 Å². The number of nitrogens with zero attached hydrogens (tertiary/aromatic N) is 5. The minimum Gasteiger partial charge on any atom is -0.443 e. The zero-order valence-electron chi connectivity index (χ0n) is 20.8. The van der Waals surface area contributed by atoms with Gasteiger partial charge in [0, 0.05) is 61.8 Å². The van der Waals surface area contributed by atoms with E-state index in [0.29, 0.717) is 42.6 Å². The number of hydrogen-bond donors (Lipinski definition) is 4. The predicted octanol–water partition coefficient (Wildman–Crippen LogP) is 2.10. The van der Waals surface area contributed by atoms with Gasteiger partial charge in [0.1, 0.15) is 23.6 Å². The van der Waals surface area contributed by atoms with Crippen molar-refractivity contribution >= 4 is 29.4 Å². The Hall–Kier alpha value is -3.74. The van der Waals surface area contributed by atoms with E-state index in [1.807, 2.05) is 6.07 Å². The number of H-pyrrole nitrogens is 1. The molecule has 5 aliphatic rings. The lowest BCUT2D eigenvalue weighted by Crippen LogP contribution is -2.68. The van der Waals surface area contributed by atoms with Crippen molar-refractivity contribution in [2.45, 2.75) is 55.8 Å². The van der Waals surface area contributed by atoms with Gasteiger partial charge in [0.25, 0.3) is 5.91 Å². The molecule has 2 bridgehead atoms. The minimum absolute atomic E-state index is 0.0965. The number of anilines is 2. The lowest BCUT2D eigenvalue weighted by molar-refractivity contribution is -0.0530. The number of halogens is 1. The molecule has 3 aromatic heterocycles. The number of aromatic amines is 1. The molecule has 4 saturated carbocycles. The van der Waals surface area contributed by atoms with Crippen LogP contribution in [-0.2, 0) is 4.74 Å². The number of piperazine rings is 1. The Labute approximate surface area is 217 Å². The highest BCUT2D eigenvalue weighted by molar-refractivity contribution is 5.93. The molecule has 2 amide bonds. The third-order valence-corrected chi connectivity index (χ3v) is 8.38. The number of ether oxygens (including phenoxy) is 1. The monoisotopic (exact) mass is 523 g/mol. The fraction of sp³-hybridized carbons (Fsp3) is 0.560. The summed E-state index contributed by atoms with van der Waals surface area (Å²) in [4.78, 5) is 35.9. The second-order valence-corrected chi connectivity index (χ2v) is 11.0. The highest BCUT2D eigenvalue weighted by Crippen LogP contribution is 2.57. The zero-order valence-corrected chi connectivity index (χ0v) is 20.8. The van der Waals surface area contributed by atoms with E-state index in [1.165, 1.54) is 0 Å². The Morgan fingerprint density at radius 1 is 1.18 bits per heavy atom. The number of aromatic nitrogens is 5. The maximum Gasteiger partial charge on any atom is 0.407 e. The Morgan fingerprint density at radius 3 is 2.76 bits per heavy atom. The molecule has 8 rings (SSSR count). The molecule has 12 nitrogen and oxygen atoms in total. The van der Waals surface area contributed by atoms with Crippen LogP contribution in [0.25, 0.3) is 5.65 Å². The first-order chi connectivity index (χ1) is 18.4. The van der Waals surface area contributed by atoms with Gasteiger partial charge in [-0.2, -0.15) is 5.10 Å². The lowest BCUT2D eigenvalue weighted by Gasteiger charge is -2.61. The van der Waals surface area contributed by atoms with E-state index in [2.05, 4.69) is 36.1 Å². The van der Waals surface area contributed by atoms with E-state index in [-0.39, 0.29) is 23.8 Å². The molecular weight excluding hydrogens is 493 g/mol. The molecule has 3 unspecified atom stereocenters. The van der Waals surface area contributed by atoms with Crippen molar-refractivity contribution in [1.29, 1.82) is 0 Å². The molecule has 200 valence electrons. The zero-order chi connectivity index (χ0) is 25.9. The molecular formula is C25H30FN9O3. The van der Waals surface area contributed by atoms with E-state index in [9.17, 15) is 14.0 Å². The van der Waals surface area contributed by atoms with Crippen LogP contribution in [0, 0.1) is 5.92 Å². The molecule has 3 atom stereocenters. The predicted molar refractivity (Wildman–Crippen MR) is 134 cm³/mol. The summed E-state index contributed by atoms with van der Waals surface area (Å²) in [6.45, 7) is 2.82. The SMILES string of the molecule is O=C(NC12CC(C1)C2)OC1CC(c2cc(Nc3nccc4nc(C(=O)N5CCNCC5)cn34)n[nH]2)CC1F. The third-order valence-electron chi connectivity index (χ3n) is 8.38. The Balaban J connectivity index is 1.01. The van der Waals surface area contributed by atoms with Gasteiger partial charge in [-0.1, -0.05) is 0 Å². The molecule has 0 radical (unpaired) electrons. The first kappa shape index (κ1) is 23.4. The summed E-state index contributed by atoms with van der Waals surface area (Å²) in [5.74, 6) is 1.43. The number of amides is 2. The number of imidazole rings is 1. The standard InChI is InChI=1S/C25H30FN9O3/c26-16-7-15(8-19(16)38-24(37)31-25-10-14(11-25)12-25)17-9-20(33-32-17)30-23-28-2-1-21-29-18(13-35(21)23)22(36)34-5-3-27-4-6-34/h1-2,9,13-16,19,27H,3-8,10-12H2,(H,31,37)(H2,28,30,32,33). The molecule has 5 fully saturated rings. The molecule has 4 N–H and O–H groups in total. The van der Waals surface area contributed by atoms with Crippen molar-refractivity contribution in [3.05, 3.63) is 35.9 Å². The average Bonchev–Trinajstić information content (AvgIpc) is 3.60. The normalized spacial score (nSPS) is 30.0. The Bertz CT molecular complexity index is 1370. The first-order valence-electron chi connectivity index (χ1n) is 13.2. The highest BCUT2D eigenvalue weighted by Gasteiger charge is 2.58. The van der Waals surface area contributed by atoms with E-state index >= 15 is 0 Å². The Kier molecular flexibility index (Phi) is 5.49. The molecule has 4 heterocycles. The van der Waals surface area contributed by atoms with E-state index < -0.39 is 18.4 Å². The van der Waals surface area contributed by atoms with Gasteiger partial charge >= 0.3 is 6.09 Å². The van der Waals surface area contributed by atoms with Gasteiger partial charge in [0.2, 0.25) is 5.95 Å².